The van der Waals surface area contributed by atoms with Gasteiger partial charge in [0.05, 0.1) is 26.1 Å². The van der Waals surface area contributed by atoms with Gasteiger partial charge in [0.15, 0.2) is 17.0 Å². The Labute approximate surface area is 235 Å². The van der Waals surface area contributed by atoms with Crippen molar-refractivity contribution in [2.45, 2.75) is 90.9 Å². The lowest BCUT2D eigenvalue weighted by Crippen LogP contribution is -2.43. The Kier molecular flexibility index (Phi) is 12.1. The fourth-order valence-electron chi connectivity index (χ4n) is 3.73. The van der Waals surface area contributed by atoms with Crippen molar-refractivity contribution in [1.29, 1.82) is 0 Å². The van der Waals surface area contributed by atoms with Gasteiger partial charge in [-0.1, -0.05) is 26.7 Å². The SMILES string of the molecule is CCCCOC(=O)[C@H](C)NP(=O)(COCCn1cnc2c(NC3CC3)nc(N)nc21)N[C@@H](C)C(=O)OCCCC. The third-order valence-electron chi connectivity index (χ3n) is 6.14. The number of nitrogens with one attached hydrogen (secondary N) is 3. The molecule has 40 heavy (non-hydrogen) atoms. The van der Waals surface area contributed by atoms with Gasteiger partial charge >= 0.3 is 11.9 Å². The number of nitrogens with two attached hydrogens (primary N) is 1. The number of hydrogen-bond donors (Lipinski definition) is 4. The molecule has 3 rings (SSSR count). The summed E-state index contributed by atoms with van der Waals surface area (Å²) in [5.74, 6) is -0.337. The summed E-state index contributed by atoms with van der Waals surface area (Å²) in [4.78, 5) is 37.9. The quantitative estimate of drug-likeness (QED) is 0.108. The second-order valence-electron chi connectivity index (χ2n) is 9.98. The van der Waals surface area contributed by atoms with Gasteiger partial charge < -0.3 is 29.8 Å². The van der Waals surface area contributed by atoms with Crippen molar-refractivity contribution >= 4 is 42.3 Å². The fourth-order valence-corrected chi connectivity index (χ4v) is 5.80. The van der Waals surface area contributed by atoms with Crippen molar-refractivity contribution in [2.75, 3.05) is 37.2 Å². The smallest absolute Gasteiger partial charge is 0.323 e. The van der Waals surface area contributed by atoms with Crippen LogP contribution in [0.5, 0.6) is 0 Å². The standard InChI is InChI=1S/C25H43N8O6P/c1-5-7-12-38-23(34)17(3)31-40(36,32-18(4)24(35)39-13-8-6-2)16-37-14-11-33-15-27-20-21(28-19-9-10-19)29-25(26)30-22(20)33/h15,17-19H,5-14,16H2,1-4H3,(H2,31,32,36)(H3,26,28,29,30)/t17-,18-/m0/s1. The number of fused-ring (bicyclic) bond motifs is 1. The molecule has 2 aromatic heterocycles. The van der Waals surface area contributed by atoms with E-state index in [0.29, 0.717) is 29.6 Å². The van der Waals surface area contributed by atoms with Crippen LogP contribution in [-0.2, 0) is 34.9 Å². The lowest BCUT2D eigenvalue weighted by Gasteiger charge is -2.26. The third kappa shape index (κ3) is 9.69. The predicted molar refractivity (Wildman–Crippen MR) is 152 cm³/mol. The zero-order valence-corrected chi connectivity index (χ0v) is 24.7. The summed E-state index contributed by atoms with van der Waals surface area (Å²) in [6, 6.07) is -1.41. The van der Waals surface area contributed by atoms with E-state index >= 15 is 0 Å². The Bertz CT molecular complexity index is 1140. The number of esters is 2. The summed E-state index contributed by atoms with van der Waals surface area (Å²) in [6.45, 7) is 8.15. The molecule has 0 aliphatic heterocycles. The molecular weight excluding hydrogens is 539 g/mol. The zero-order chi connectivity index (χ0) is 29.1. The maximum absolute atomic E-state index is 13.8. The Balaban J connectivity index is 1.62. The average molecular weight is 583 g/mol. The molecule has 0 bridgehead atoms. The molecule has 1 fully saturated rings. The minimum atomic E-state index is -3.60. The van der Waals surface area contributed by atoms with Gasteiger partial charge in [0.2, 0.25) is 13.4 Å². The first-order valence-corrected chi connectivity index (χ1v) is 15.9. The highest BCUT2D eigenvalue weighted by molar-refractivity contribution is 7.59. The van der Waals surface area contributed by atoms with Crippen LogP contribution in [0, 0.1) is 0 Å². The molecule has 14 nitrogen and oxygen atoms in total. The van der Waals surface area contributed by atoms with Crippen LogP contribution in [0.2, 0.25) is 0 Å². The number of carbonyl (C=O) groups is 2. The van der Waals surface area contributed by atoms with Crippen LogP contribution in [0.4, 0.5) is 11.8 Å². The van der Waals surface area contributed by atoms with Gasteiger partial charge in [-0.15, -0.1) is 0 Å². The molecule has 2 aromatic rings. The van der Waals surface area contributed by atoms with Crippen LogP contribution in [0.25, 0.3) is 11.2 Å². The number of carbonyl (C=O) groups excluding carboxylic acids is 2. The number of nitrogen functional groups attached to an aromatic ring is 1. The van der Waals surface area contributed by atoms with Crippen LogP contribution in [0.15, 0.2) is 6.33 Å². The molecule has 1 aliphatic rings. The number of anilines is 2. The van der Waals surface area contributed by atoms with Crippen molar-refractivity contribution in [3.05, 3.63) is 6.33 Å². The highest BCUT2D eigenvalue weighted by Crippen LogP contribution is 2.38. The van der Waals surface area contributed by atoms with Crippen LogP contribution in [-0.4, -0.2) is 75.8 Å². The maximum atomic E-state index is 13.8. The molecule has 0 saturated heterocycles. The van der Waals surface area contributed by atoms with E-state index < -0.39 is 31.5 Å². The first-order chi connectivity index (χ1) is 19.2. The Morgan fingerprint density at radius 1 is 1.05 bits per heavy atom. The first kappa shape index (κ1) is 31.7. The summed E-state index contributed by atoms with van der Waals surface area (Å²) >= 11 is 0. The van der Waals surface area contributed by atoms with E-state index in [1.54, 1.807) is 24.7 Å². The highest BCUT2D eigenvalue weighted by Gasteiger charge is 2.32. The average Bonchev–Trinajstić information content (AvgIpc) is 3.63. The molecule has 1 saturated carbocycles. The summed E-state index contributed by atoms with van der Waals surface area (Å²) in [6.07, 6.45) is 6.71. The lowest BCUT2D eigenvalue weighted by atomic mass is 10.3. The molecule has 224 valence electrons. The minimum Gasteiger partial charge on any atom is -0.465 e. The van der Waals surface area contributed by atoms with E-state index in [4.69, 9.17) is 19.9 Å². The van der Waals surface area contributed by atoms with Crippen LogP contribution < -0.4 is 21.2 Å². The topological polar surface area (TPSA) is 185 Å². The van der Waals surface area contributed by atoms with Crippen LogP contribution in [0.3, 0.4) is 0 Å². The Hall–Kier alpha value is -2.80. The fraction of sp³-hybridized carbons (Fsp3) is 0.720. The van der Waals surface area contributed by atoms with Gasteiger partial charge in [-0.05, 0) is 39.5 Å². The molecule has 0 unspecified atom stereocenters. The number of hydrogen-bond acceptors (Lipinski definition) is 11. The highest BCUT2D eigenvalue weighted by atomic mass is 31.2. The lowest BCUT2D eigenvalue weighted by molar-refractivity contribution is -0.145. The van der Waals surface area contributed by atoms with Gasteiger partial charge in [0, 0.05) is 12.6 Å². The summed E-state index contributed by atoms with van der Waals surface area (Å²) in [5, 5.41) is 8.94. The molecular formula is C25H43N8O6P. The second kappa shape index (κ2) is 15.3. The number of aromatic nitrogens is 4. The van der Waals surface area contributed by atoms with E-state index in [-0.39, 0.29) is 32.1 Å². The van der Waals surface area contributed by atoms with Gasteiger partial charge in [-0.3, -0.25) is 14.2 Å². The van der Waals surface area contributed by atoms with E-state index in [2.05, 4.69) is 30.4 Å². The van der Waals surface area contributed by atoms with Crippen molar-refractivity contribution in [3.63, 3.8) is 0 Å². The molecule has 1 aliphatic carbocycles. The Morgan fingerprint density at radius 3 is 2.20 bits per heavy atom. The zero-order valence-electron chi connectivity index (χ0n) is 23.9. The van der Waals surface area contributed by atoms with Crippen molar-refractivity contribution in [2.24, 2.45) is 0 Å². The number of nitrogens with zero attached hydrogens (tertiary/aromatic N) is 4. The Morgan fingerprint density at radius 2 is 1.65 bits per heavy atom. The van der Waals surface area contributed by atoms with Crippen molar-refractivity contribution < 1.29 is 28.4 Å². The molecule has 2 atom stereocenters. The van der Waals surface area contributed by atoms with Gasteiger partial charge in [0.25, 0.3) is 0 Å². The van der Waals surface area contributed by atoms with E-state index in [0.717, 1.165) is 38.5 Å². The molecule has 2 heterocycles. The van der Waals surface area contributed by atoms with Crippen LogP contribution in [0.1, 0.15) is 66.2 Å². The number of imidazole rings is 1. The van der Waals surface area contributed by atoms with Gasteiger partial charge in [-0.2, -0.15) is 9.97 Å². The monoisotopic (exact) mass is 582 g/mol. The number of unbranched alkanes of at least 4 members (excludes halogenated alkanes) is 2. The molecule has 0 spiro atoms. The molecule has 0 radical (unpaired) electrons. The summed E-state index contributed by atoms with van der Waals surface area (Å²) in [5.41, 5.74) is 7.09. The van der Waals surface area contributed by atoms with Gasteiger partial charge in [0.1, 0.15) is 18.4 Å². The molecule has 0 amide bonds. The summed E-state index contributed by atoms with van der Waals surface area (Å²) < 4.78 is 31.9. The van der Waals surface area contributed by atoms with Crippen molar-refractivity contribution in [3.8, 4) is 0 Å². The molecule has 15 heteroatoms. The van der Waals surface area contributed by atoms with Gasteiger partial charge in [-0.25, -0.2) is 15.2 Å². The van der Waals surface area contributed by atoms with E-state index in [1.807, 2.05) is 13.8 Å². The first-order valence-electron chi connectivity index (χ1n) is 14.0. The maximum Gasteiger partial charge on any atom is 0.323 e. The largest absolute Gasteiger partial charge is 0.465 e. The van der Waals surface area contributed by atoms with E-state index in [9.17, 15) is 14.2 Å². The molecule has 0 aromatic carbocycles. The van der Waals surface area contributed by atoms with Crippen molar-refractivity contribution in [1.82, 2.24) is 29.7 Å². The van der Waals surface area contributed by atoms with Crippen LogP contribution >= 0.6 is 7.44 Å². The minimum absolute atomic E-state index is 0.135. The van der Waals surface area contributed by atoms with E-state index in [1.165, 1.54) is 0 Å². The molecule has 5 N–H and O–H groups in total. The predicted octanol–water partition coefficient (Wildman–Crippen LogP) is 2.79. The second-order valence-corrected chi connectivity index (χ2v) is 12.2. The summed E-state index contributed by atoms with van der Waals surface area (Å²) in [7, 11) is -3.60. The third-order valence-corrected chi connectivity index (χ3v) is 8.30. The number of rotatable bonds is 19. The number of ether oxygens (including phenoxy) is 3. The normalized spacial score (nSPS) is 15.1.